The zero-order valence-corrected chi connectivity index (χ0v) is 10.9. The molecule has 0 radical (unpaired) electrons. The van der Waals surface area contributed by atoms with E-state index in [2.05, 4.69) is 0 Å². The lowest BCUT2D eigenvalue weighted by molar-refractivity contribution is -0.147. The van der Waals surface area contributed by atoms with Gasteiger partial charge in [0.15, 0.2) is 0 Å². The number of aliphatic carboxylic acids is 1. The van der Waals surface area contributed by atoms with E-state index < -0.39 is 11.4 Å². The van der Waals surface area contributed by atoms with Crippen molar-refractivity contribution in [2.75, 3.05) is 20.3 Å². The number of carbonyl (C=O) groups is 1. The van der Waals surface area contributed by atoms with Crippen LogP contribution < -0.4 is 4.74 Å². The van der Waals surface area contributed by atoms with Crippen molar-refractivity contribution >= 4 is 17.6 Å². The minimum absolute atomic E-state index is 0.430. The molecule has 0 aliphatic carbocycles. The van der Waals surface area contributed by atoms with Gasteiger partial charge in [0.25, 0.3) is 0 Å². The van der Waals surface area contributed by atoms with Gasteiger partial charge in [-0.15, -0.1) is 0 Å². The first-order chi connectivity index (χ1) is 8.60. The fourth-order valence-corrected chi connectivity index (χ4v) is 2.54. The fraction of sp³-hybridized carbons (Fsp3) is 0.462. The van der Waals surface area contributed by atoms with Crippen molar-refractivity contribution in [3.05, 3.63) is 28.8 Å². The molecular formula is C13H15ClO4. The third-order valence-electron chi connectivity index (χ3n) is 3.43. The second kappa shape index (κ2) is 5.16. The smallest absolute Gasteiger partial charge is 0.314 e. The number of halogens is 1. The molecular weight excluding hydrogens is 256 g/mol. The Balaban J connectivity index is 2.54. The highest BCUT2D eigenvalue weighted by atomic mass is 35.5. The number of ether oxygens (including phenoxy) is 2. The Kier molecular flexibility index (Phi) is 3.78. The van der Waals surface area contributed by atoms with Gasteiger partial charge in [-0.2, -0.15) is 0 Å². The zero-order chi connectivity index (χ0) is 13.2. The van der Waals surface area contributed by atoms with Crippen molar-refractivity contribution in [3.63, 3.8) is 0 Å². The standard InChI is InChI=1S/C13H15ClO4/c1-17-11-3-2-9(14)8-10(11)13(12(15)16)4-6-18-7-5-13/h2-3,8H,4-7H2,1H3,(H,15,16). The lowest BCUT2D eigenvalue weighted by Crippen LogP contribution is -2.41. The number of methoxy groups -OCH3 is 1. The van der Waals surface area contributed by atoms with E-state index in [4.69, 9.17) is 21.1 Å². The molecule has 1 aliphatic heterocycles. The van der Waals surface area contributed by atoms with Crippen LogP contribution in [0.25, 0.3) is 0 Å². The second-order valence-electron chi connectivity index (χ2n) is 4.34. The summed E-state index contributed by atoms with van der Waals surface area (Å²) in [7, 11) is 1.53. The van der Waals surface area contributed by atoms with Gasteiger partial charge in [-0.3, -0.25) is 4.79 Å². The molecule has 1 aliphatic rings. The Morgan fingerprint density at radius 1 is 1.44 bits per heavy atom. The van der Waals surface area contributed by atoms with Gasteiger partial charge < -0.3 is 14.6 Å². The molecule has 0 saturated carbocycles. The highest BCUT2D eigenvalue weighted by Gasteiger charge is 2.44. The number of hydrogen-bond donors (Lipinski definition) is 1. The third kappa shape index (κ3) is 2.18. The van der Waals surface area contributed by atoms with E-state index in [-0.39, 0.29) is 0 Å². The summed E-state index contributed by atoms with van der Waals surface area (Å²) in [5.41, 5.74) is -0.331. The first kappa shape index (κ1) is 13.2. The normalized spacial score (nSPS) is 18.3. The van der Waals surface area contributed by atoms with Gasteiger partial charge >= 0.3 is 5.97 Å². The summed E-state index contributed by atoms with van der Waals surface area (Å²) >= 11 is 5.98. The van der Waals surface area contributed by atoms with Gasteiger partial charge in [0.05, 0.1) is 7.11 Å². The van der Waals surface area contributed by atoms with Crippen LogP contribution >= 0.6 is 11.6 Å². The van der Waals surface area contributed by atoms with E-state index in [9.17, 15) is 9.90 Å². The summed E-state index contributed by atoms with van der Waals surface area (Å²) in [6, 6.07) is 5.08. The van der Waals surface area contributed by atoms with Crippen molar-refractivity contribution in [2.24, 2.45) is 0 Å². The molecule has 0 bridgehead atoms. The van der Waals surface area contributed by atoms with E-state index >= 15 is 0 Å². The first-order valence-electron chi connectivity index (χ1n) is 5.75. The van der Waals surface area contributed by atoms with Gasteiger partial charge in [0, 0.05) is 23.8 Å². The molecule has 1 heterocycles. The van der Waals surface area contributed by atoms with E-state index in [1.54, 1.807) is 18.2 Å². The quantitative estimate of drug-likeness (QED) is 0.917. The molecule has 0 atom stereocenters. The molecule has 4 nitrogen and oxygen atoms in total. The molecule has 1 N–H and O–H groups in total. The van der Waals surface area contributed by atoms with Crippen LogP contribution in [0.3, 0.4) is 0 Å². The Bertz CT molecular complexity index is 452. The molecule has 2 rings (SSSR count). The maximum atomic E-state index is 11.7. The van der Waals surface area contributed by atoms with Crippen LogP contribution in [0.15, 0.2) is 18.2 Å². The second-order valence-corrected chi connectivity index (χ2v) is 4.78. The van der Waals surface area contributed by atoms with Gasteiger partial charge in [0.2, 0.25) is 0 Å². The van der Waals surface area contributed by atoms with Crippen LogP contribution in [-0.4, -0.2) is 31.4 Å². The number of carboxylic acids is 1. The summed E-state index contributed by atoms with van der Waals surface area (Å²) in [4.78, 5) is 11.7. The summed E-state index contributed by atoms with van der Waals surface area (Å²) in [5, 5.41) is 10.1. The number of rotatable bonds is 3. The van der Waals surface area contributed by atoms with Crippen LogP contribution in [0, 0.1) is 0 Å². The predicted molar refractivity (Wildman–Crippen MR) is 67.4 cm³/mol. The maximum Gasteiger partial charge on any atom is 0.314 e. The summed E-state index contributed by atoms with van der Waals surface area (Å²) in [6.07, 6.45) is 0.859. The largest absolute Gasteiger partial charge is 0.496 e. The fourth-order valence-electron chi connectivity index (χ4n) is 2.37. The third-order valence-corrected chi connectivity index (χ3v) is 3.67. The van der Waals surface area contributed by atoms with E-state index in [0.717, 1.165) is 0 Å². The lowest BCUT2D eigenvalue weighted by Gasteiger charge is -2.34. The predicted octanol–water partition coefficient (Wildman–Crippen LogP) is 2.48. The molecule has 0 amide bonds. The average Bonchev–Trinajstić information content (AvgIpc) is 2.39. The van der Waals surface area contributed by atoms with Crippen LogP contribution in [0.2, 0.25) is 5.02 Å². The van der Waals surface area contributed by atoms with Crippen LogP contribution in [0.4, 0.5) is 0 Å². The molecule has 0 aromatic heterocycles. The molecule has 18 heavy (non-hydrogen) atoms. The van der Waals surface area contributed by atoms with Gasteiger partial charge in [0.1, 0.15) is 11.2 Å². The molecule has 1 saturated heterocycles. The molecule has 5 heteroatoms. The minimum atomic E-state index is -0.964. The Labute approximate surface area is 110 Å². The number of benzene rings is 1. The Hall–Kier alpha value is -1.26. The highest BCUT2D eigenvalue weighted by Crippen LogP contribution is 2.41. The van der Waals surface area contributed by atoms with Crippen molar-refractivity contribution in [2.45, 2.75) is 18.3 Å². The van der Waals surface area contributed by atoms with E-state index in [1.165, 1.54) is 7.11 Å². The highest BCUT2D eigenvalue weighted by molar-refractivity contribution is 6.30. The van der Waals surface area contributed by atoms with Gasteiger partial charge in [-0.1, -0.05) is 11.6 Å². The van der Waals surface area contributed by atoms with E-state index in [0.29, 0.717) is 42.4 Å². The number of hydrogen-bond acceptors (Lipinski definition) is 3. The van der Waals surface area contributed by atoms with Crippen molar-refractivity contribution < 1.29 is 19.4 Å². The molecule has 1 aromatic rings. The SMILES string of the molecule is COc1ccc(Cl)cc1C1(C(=O)O)CCOCC1. The lowest BCUT2D eigenvalue weighted by atomic mass is 9.74. The maximum absolute atomic E-state index is 11.7. The average molecular weight is 271 g/mol. The topological polar surface area (TPSA) is 55.8 Å². The van der Waals surface area contributed by atoms with Crippen LogP contribution in [0.1, 0.15) is 18.4 Å². The van der Waals surface area contributed by atoms with E-state index in [1.807, 2.05) is 0 Å². The minimum Gasteiger partial charge on any atom is -0.496 e. The Morgan fingerprint density at radius 3 is 2.67 bits per heavy atom. The molecule has 0 unspecified atom stereocenters. The van der Waals surface area contributed by atoms with Crippen molar-refractivity contribution in [1.29, 1.82) is 0 Å². The summed E-state index contributed by atoms with van der Waals surface area (Å²) < 4.78 is 10.5. The van der Waals surface area contributed by atoms with Crippen LogP contribution in [-0.2, 0) is 14.9 Å². The zero-order valence-electron chi connectivity index (χ0n) is 10.1. The molecule has 1 aromatic carbocycles. The Morgan fingerprint density at radius 2 is 2.11 bits per heavy atom. The summed E-state index contributed by atoms with van der Waals surface area (Å²) in [6.45, 7) is 0.865. The number of carboxylic acid groups (broad SMARTS) is 1. The van der Waals surface area contributed by atoms with Gasteiger partial charge in [-0.05, 0) is 31.0 Å². The molecule has 0 spiro atoms. The summed E-state index contributed by atoms with van der Waals surface area (Å²) in [5.74, 6) is -0.296. The first-order valence-corrected chi connectivity index (χ1v) is 6.13. The van der Waals surface area contributed by atoms with Crippen LogP contribution in [0.5, 0.6) is 5.75 Å². The monoisotopic (exact) mass is 270 g/mol. The molecule has 1 fully saturated rings. The molecule has 98 valence electrons. The van der Waals surface area contributed by atoms with Crippen molar-refractivity contribution in [3.8, 4) is 5.75 Å². The van der Waals surface area contributed by atoms with Crippen molar-refractivity contribution in [1.82, 2.24) is 0 Å². The van der Waals surface area contributed by atoms with Gasteiger partial charge in [-0.25, -0.2) is 0 Å².